The van der Waals surface area contributed by atoms with Gasteiger partial charge in [0.1, 0.15) is 22.5 Å². The van der Waals surface area contributed by atoms with Crippen LogP contribution in [0.4, 0.5) is 5.69 Å². The Labute approximate surface area is 129 Å². The van der Waals surface area contributed by atoms with Gasteiger partial charge in [-0.2, -0.15) is 0 Å². The lowest BCUT2D eigenvalue weighted by Gasteiger charge is -2.24. The molecule has 0 unspecified atom stereocenters. The van der Waals surface area contributed by atoms with E-state index in [0.717, 1.165) is 24.3 Å². The van der Waals surface area contributed by atoms with Crippen LogP contribution in [0.5, 0.6) is 5.75 Å². The predicted octanol–water partition coefficient (Wildman–Crippen LogP) is 2.12. The first-order valence-electron chi connectivity index (χ1n) is 7.59. The lowest BCUT2D eigenvalue weighted by atomic mass is 10.2. The van der Waals surface area contributed by atoms with E-state index >= 15 is 0 Å². The van der Waals surface area contributed by atoms with Gasteiger partial charge < -0.3 is 15.4 Å². The highest BCUT2D eigenvalue weighted by molar-refractivity contribution is 5.97. The SMILES string of the molecule is COc1ccc(N2CCCCCC2)c2ncc(C(N)=O)nc12. The molecule has 1 aromatic carbocycles. The summed E-state index contributed by atoms with van der Waals surface area (Å²) in [5.74, 6) is 0.0146. The minimum absolute atomic E-state index is 0.152. The first-order chi connectivity index (χ1) is 10.7. The molecule has 6 heteroatoms. The molecule has 6 nitrogen and oxygen atoms in total. The molecule has 0 spiro atoms. The lowest BCUT2D eigenvalue weighted by Crippen LogP contribution is -2.24. The second-order valence-corrected chi connectivity index (χ2v) is 5.50. The fourth-order valence-corrected chi connectivity index (χ4v) is 2.91. The number of hydrogen-bond donors (Lipinski definition) is 1. The number of primary amides is 1. The molecule has 0 atom stereocenters. The maximum absolute atomic E-state index is 11.3. The van der Waals surface area contributed by atoms with Crippen LogP contribution in [-0.2, 0) is 0 Å². The average molecular weight is 300 g/mol. The Morgan fingerprint density at radius 3 is 2.55 bits per heavy atom. The van der Waals surface area contributed by atoms with E-state index in [1.54, 1.807) is 7.11 Å². The lowest BCUT2D eigenvalue weighted by molar-refractivity contribution is 0.0995. The number of aromatic nitrogens is 2. The van der Waals surface area contributed by atoms with E-state index in [0.29, 0.717) is 11.3 Å². The maximum Gasteiger partial charge on any atom is 0.268 e. The number of rotatable bonds is 3. The third kappa shape index (κ3) is 2.68. The quantitative estimate of drug-likeness (QED) is 0.939. The molecule has 2 heterocycles. The molecule has 1 aliphatic rings. The molecule has 0 aliphatic carbocycles. The first kappa shape index (κ1) is 14.6. The Morgan fingerprint density at radius 2 is 1.91 bits per heavy atom. The average Bonchev–Trinajstić information content (AvgIpc) is 2.82. The van der Waals surface area contributed by atoms with Gasteiger partial charge in [-0.15, -0.1) is 0 Å². The molecular weight excluding hydrogens is 280 g/mol. The zero-order valence-electron chi connectivity index (χ0n) is 12.7. The van der Waals surface area contributed by atoms with Crippen molar-refractivity contribution in [1.82, 2.24) is 9.97 Å². The number of ether oxygens (including phenoxy) is 1. The summed E-state index contributed by atoms with van der Waals surface area (Å²) in [5.41, 5.74) is 7.84. The monoisotopic (exact) mass is 300 g/mol. The summed E-state index contributed by atoms with van der Waals surface area (Å²) in [6, 6.07) is 3.90. The van der Waals surface area contributed by atoms with E-state index in [1.165, 1.54) is 31.9 Å². The van der Waals surface area contributed by atoms with Crippen molar-refractivity contribution in [3.63, 3.8) is 0 Å². The summed E-state index contributed by atoms with van der Waals surface area (Å²) in [7, 11) is 1.58. The number of nitrogens with two attached hydrogens (primary N) is 1. The van der Waals surface area contributed by atoms with Gasteiger partial charge in [-0.3, -0.25) is 4.79 Å². The van der Waals surface area contributed by atoms with Crippen LogP contribution in [0.1, 0.15) is 36.2 Å². The third-order valence-corrected chi connectivity index (χ3v) is 4.06. The van der Waals surface area contributed by atoms with Crippen LogP contribution in [0.2, 0.25) is 0 Å². The second-order valence-electron chi connectivity index (χ2n) is 5.50. The van der Waals surface area contributed by atoms with Crippen LogP contribution in [0, 0.1) is 0 Å². The fourth-order valence-electron chi connectivity index (χ4n) is 2.91. The zero-order valence-corrected chi connectivity index (χ0v) is 12.7. The number of fused-ring (bicyclic) bond motifs is 1. The van der Waals surface area contributed by atoms with Crippen molar-refractivity contribution in [3.8, 4) is 5.75 Å². The Hall–Kier alpha value is -2.37. The number of nitrogens with zero attached hydrogens (tertiary/aromatic N) is 3. The van der Waals surface area contributed by atoms with Crippen molar-refractivity contribution in [3.05, 3.63) is 24.0 Å². The van der Waals surface area contributed by atoms with Crippen molar-refractivity contribution in [2.75, 3.05) is 25.1 Å². The van der Waals surface area contributed by atoms with Crippen LogP contribution >= 0.6 is 0 Å². The van der Waals surface area contributed by atoms with Gasteiger partial charge in [-0.25, -0.2) is 9.97 Å². The largest absolute Gasteiger partial charge is 0.494 e. The van der Waals surface area contributed by atoms with E-state index in [9.17, 15) is 4.79 Å². The van der Waals surface area contributed by atoms with Gasteiger partial charge in [0.05, 0.1) is 19.0 Å². The maximum atomic E-state index is 11.3. The number of benzene rings is 1. The Balaban J connectivity index is 2.13. The van der Waals surface area contributed by atoms with Gasteiger partial charge in [-0.1, -0.05) is 12.8 Å². The predicted molar refractivity (Wildman–Crippen MR) is 85.3 cm³/mol. The molecule has 1 saturated heterocycles. The molecule has 1 aliphatic heterocycles. The first-order valence-corrected chi connectivity index (χ1v) is 7.59. The molecule has 2 aromatic rings. The number of carbonyl (C=O) groups is 1. The molecule has 0 radical (unpaired) electrons. The molecule has 1 fully saturated rings. The number of hydrogen-bond acceptors (Lipinski definition) is 5. The summed E-state index contributed by atoms with van der Waals surface area (Å²) >= 11 is 0. The Bertz CT molecular complexity index is 694. The van der Waals surface area contributed by atoms with Crippen molar-refractivity contribution < 1.29 is 9.53 Å². The van der Waals surface area contributed by atoms with E-state index in [2.05, 4.69) is 14.9 Å². The molecule has 0 bridgehead atoms. The molecule has 2 N–H and O–H groups in total. The van der Waals surface area contributed by atoms with Gasteiger partial charge in [0.2, 0.25) is 0 Å². The highest BCUT2D eigenvalue weighted by Gasteiger charge is 2.17. The molecule has 1 amide bonds. The molecule has 116 valence electrons. The smallest absolute Gasteiger partial charge is 0.268 e. The Kier molecular flexibility index (Phi) is 4.09. The van der Waals surface area contributed by atoms with Crippen molar-refractivity contribution in [1.29, 1.82) is 0 Å². The standard InChI is InChI=1S/C16H20N4O2/c1-22-13-7-6-12(20-8-4-2-3-5-9-20)14-15(13)19-11(10-18-14)16(17)21/h6-7,10H,2-5,8-9H2,1H3,(H2,17,21). The number of amides is 1. The van der Waals surface area contributed by atoms with Crippen molar-refractivity contribution >= 4 is 22.6 Å². The van der Waals surface area contributed by atoms with Gasteiger partial charge in [0.25, 0.3) is 5.91 Å². The summed E-state index contributed by atoms with van der Waals surface area (Å²) in [6.45, 7) is 2.03. The molecular formula is C16H20N4O2. The fraction of sp³-hybridized carbons (Fsp3) is 0.438. The van der Waals surface area contributed by atoms with Gasteiger partial charge in [0.15, 0.2) is 0 Å². The van der Waals surface area contributed by atoms with Gasteiger partial charge >= 0.3 is 0 Å². The van der Waals surface area contributed by atoms with E-state index in [4.69, 9.17) is 10.5 Å². The van der Waals surface area contributed by atoms with Crippen LogP contribution in [0.3, 0.4) is 0 Å². The third-order valence-electron chi connectivity index (χ3n) is 4.06. The van der Waals surface area contributed by atoms with Gasteiger partial charge in [-0.05, 0) is 25.0 Å². The summed E-state index contributed by atoms with van der Waals surface area (Å²) < 4.78 is 5.36. The summed E-state index contributed by atoms with van der Waals surface area (Å²) in [4.78, 5) is 22.5. The number of carbonyl (C=O) groups excluding carboxylic acids is 1. The normalized spacial score (nSPS) is 15.6. The summed E-state index contributed by atoms with van der Waals surface area (Å²) in [6.07, 6.45) is 6.33. The van der Waals surface area contributed by atoms with Crippen LogP contribution in [-0.4, -0.2) is 36.1 Å². The molecule has 1 aromatic heterocycles. The van der Waals surface area contributed by atoms with E-state index in [-0.39, 0.29) is 5.69 Å². The molecule has 0 saturated carbocycles. The van der Waals surface area contributed by atoms with Crippen LogP contribution in [0.25, 0.3) is 11.0 Å². The van der Waals surface area contributed by atoms with Crippen molar-refractivity contribution in [2.45, 2.75) is 25.7 Å². The number of anilines is 1. The van der Waals surface area contributed by atoms with E-state index in [1.807, 2.05) is 12.1 Å². The van der Waals surface area contributed by atoms with E-state index < -0.39 is 5.91 Å². The second kappa shape index (κ2) is 6.17. The zero-order chi connectivity index (χ0) is 15.5. The number of methoxy groups -OCH3 is 1. The highest BCUT2D eigenvalue weighted by Crippen LogP contribution is 2.32. The van der Waals surface area contributed by atoms with Crippen molar-refractivity contribution in [2.24, 2.45) is 5.73 Å². The Morgan fingerprint density at radius 1 is 1.18 bits per heavy atom. The highest BCUT2D eigenvalue weighted by atomic mass is 16.5. The van der Waals surface area contributed by atoms with Gasteiger partial charge in [0, 0.05) is 13.1 Å². The topological polar surface area (TPSA) is 81.3 Å². The minimum atomic E-state index is -0.586. The minimum Gasteiger partial charge on any atom is -0.494 e. The molecule has 22 heavy (non-hydrogen) atoms. The van der Waals surface area contributed by atoms with Crippen LogP contribution in [0.15, 0.2) is 18.3 Å². The van der Waals surface area contributed by atoms with Crippen LogP contribution < -0.4 is 15.4 Å². The molecule has 3 rings (SSSR count). The summed E-state index contributed by atoms with van der Waals surface area (Å²) in [5, 5.41) is 0.